The maximum atomic E-state index is 11.9. The Hall–Kier alpha value is -2.70. The summed E-state index contributed by atoms with van der Waals surface area (Å²) >= 11 is 11.8. The summed E-state index contributed by atoms with van der Waals surface area (Å²) in [6.07, 6.45) is 0.603. The minimum absolute atomic E-state index is 0.146. The van der Waals surface area contributed by atoms with E-state index in [1.165, 1.54) is 6.07 Å². The van der Waals surface area contributed by atoms with Crippen molar-refractivity contribution in [2.24, 2.45) is 0 Å². The van der Waals surface area contributed by atoms with Gasteiger partial charge < -0.3 is 19.2 Å². The molecule has 1 aromatic heterocycles. The molecule has 0 aliphatic carbocycles. The number of halogens is 2. The van der Waals surface area contributed by atoms with Crippen molar-refractivity contribution in [2.45, 2.75) is 6.42 Å². The smallest absolute Gasteiger partial charge is 0.336 e. The lowest BCUT2D eigenvalue weighted by Gasteiger charge is -2.10. The maximum absolute atomic E-state index is 11.9. The van der Waals surface area contributed by atoms with Crippen LogP contribution in [0.4, 0.5) is 0 Å². The lowest BCUT2D eigenvalue weighted by atomic mass is 10.2. The molecule has 146 valence electrons. The Labute approximate surface area is 171 Å². The predicted molar refractivity (Wildman–Crippen MR) is 108 cm³/mol. The van der Waals surface area contributed by atoms with Gasteiger partial charge in [0.15, 0.2) is 6.61 Å². The molecule has 0 atom stereocenters. The highest BCUT2D eigenvalue weighted by atomic mass is 35.5. The number of nitrogens with one attached hydrogen (secondary N) is 1. The van der Waals surface area contributed by atoms with Gasteiger partial charge >= 0.3 is 5.63 Å². The minimum atomic E-state index is -0.440. The summed E-state index contributed by atoms with van der Waals surface area (Å²) in [4.78, 5) is 23.1. The second kappa shape index (κ2) is 9.48. The van der Waals surface area contributed by atoms with Crippen molar-refractivity contribution < 1.29 is 18.7 Å². The highest BCUT2D eigenvalue weighted by Crippen LogP contribution is 2.27. The van der Waals surface area contributed by atoms with E-state index in [1.54, 1.807) is 42.5 Å². The van der Waals surface area contributed by atoms with Crippen LogP contribution in [0.25, 0.3) is 11.0 Å². The minimum Gasteiger partial charge on any atom is -0.492 e. The molecule has 1 amide bonds. The molecule has 2 aromatic carbocycles. The number of hydrogen-bond donors (Lipinski definition) is 1. The van der Waals surface area contributed by atoms with Crippen LogP contribution in [0, 0.1) is 0 Å². The zero-order valence-electron chi connectivity index (χ0n) is 14.7. The van der Waals surface area contributed by atoms with E-state index in [-0.39, 0.29) is 12.5 Å². The molecular weight excluding hydrogens is 405 g/mol. The Morgan fingerprint density at radius 2 is 1.86 bits per heavy atom. The first kappa shape index (κ1) is 20.0. The summed E-state index contributed by atoms with van der Waals surface area (Å²) in [5, 5.41) is 4.49. The van der Waals surface area contributed by atoms with Crippen LogP contribution in [0.2, 0.25) is 10.0 Å². The first-order valence-electron chi connectivity index (χ1n) is 8.52. The number of hydrogen-bond acceptors (Lipinski definition) is 5. The second-order valence-electron chi connectivity index (χ2n) is 5.87. The van der Waals surface area contributed by atoms with Crippen LogP contribution in [0.5, 0.6) is 11.5 Å². The van der Waals surface area contributed by atoms with Crippen LogP contribution in [0.3, 0.4) is 0 Å². The van der Waals surface area contributed by atoms with Crippen molar-refractivity contribution in [3.05, 3.63) is 69.0 Å². The summed E-state index contributed by atoms with van der Waals surface area (Å²) in [6, 6.07) is 13.0. The fourth-order valence-electron chi connectivity index (χ4n) is 2.41. The Morgan fingerprint density at radius 3 is 2.68 bits per heavy atom. The molecule has 8 heteroatoms. The van der Waals surface area contributed by atoms with E-state index in [0.29, 0.717) is 46.7 Å². The molecule has 0 spiro atoms. The largest absolute Gasteiger partial charge is 0.492 e. The third-order valence-electron chi connectivity index (χ3n) is 3.76. The van der Waals surface area contributed by atoms with Gasteiger partial charge in [-0.05, 0) is 42.8 Å². The van der Waals surface area contributed by atoms with Crippen LogP contribution in [-0.4, -0.2) is 25.7 Å². The Bertz CT molecular complexity index is 1030. The summed E-state index contributed by atoms with van der Waals surface area (Å²) in [5.74, 6) is 0.723. The molecule has 3 rings (SSSR count). The average Bonchev–Trinajstić information content (AvgIpc) is 2.67. The van der Waals surface area contributed by atoms with Gasteiger partial charge in [0.05, 0.1) is 11.6 Å². The third kappa shape index (κ3) is 5.65. The van der Waals surface area contributed by atoms with Crippen LogP contribution >= 0.6 is 23.2 Å². The molecule has 0 fully saturated rings. The number of rotatable bonds is 8. The van der Waals surface area contributed by atoms with Crippen LogP contribution in [-0.2, 0) is 4.79 Å². The molecule has 3 aromatic rings. The summed E-state index contributed by atoms with van der Waals surface area (Å²) in [6.45, 7) is 0.679. The molecule has 0 saturated carbocycles. The van der Waals surface area contributed by atoms with E-state index >= 15 is 0 Å². The second-order valence-corrected chi connectivity index (χ2v) is 6.71. The number of carbonyl (C=O) groups is 1. The lowest BCUT2D eigenvalue weighted by molar-refractivity contribution is -0.123. The fourth-order valence-corrected chi connectivity index (χ4v) is 2.87. The van der Waals surface area contributed by atoms with Gasteiger partial charge in [0.2, 0.25) is 0 Å². The Morgan fingerprint density at radius 1 is 1.04 bits per heavy atom. The highest BCUT2D eigenvalue weighted by Gasteiger charge is 2.06. The monoisotopic (exact) mass is 421 g/mol. The number of fused-ring (bicyclic) bond motifs is 1. The molecule has 0 bridgehead atoms. The topological polar surface area (TPSA) is 77.8 Å². The molecule has 0 aliphatic heterocycles. The molecule has 1 N–H and O–H groups in total. The normalized spacial score (nSPS) is 10.6. The van der Waals surface area contributed by atoms with Gasteiger partial charge in [0.1, 0.15) is 17.1 Å². The van der Waals surface area contributed by atoms with E-state index in [1.807, 2.05) is 0 Å². The van der Waals surface area contributed by atoms with Gasteiger partial charge in [-0.2, -0.15) is 0 Å². The van der Waals surface area contributed by atoms with Crippen molar-refractivity contribution >= 4 is 40.1 Å². The van der Waals surface area contributed by atoms with E-state index < -0.39 is 5.63 Å². The van der Waals surface area contributed by atoms with Crippen molar-refractivity contribution in [2.75, 3.05) is 19.8 Å². The maximum Gasteiger partial charge on any atom is 0.336 e. The number of benzene rings is 2. The average molecular weight is 422 g/mol. The van der Waals surface area contributed by atoms with Gasteiger partial charge in [-0.1, -0.05) is 23.2 Å². The molecule has 0 radical (unpaired) electrons. The molecule has 0 aliphatic rings. The van der Waals surface area contributed by atoms with E-state index in [0.717, 1.165) is 5.39 Å². The van der Waals surface area contributed by atoms with Crippen molar-refractivity contribution in [3.63, 3.8) is 0 Å². The lowest BCUT2D eigenvalue weighted by Crippen LogP contribution is -2.30. The van der Waals surface area contributed by atoms with Crippen LogP contribution in [0.1, 0.15) is 6.42 Å². The number of carbonyl (C=O) groups excluding carboxylic acids is 1. The summed E-state index contributed by atoms with van der Waals surface area (Å²) < 4.78 is 16.1. The molecular formula is C20H17Cl2NO5. The van der Waals surface area contributed by atoms with Gasteiger partial charge in [-0.15, -0.1) is 0 Å². The highest BCUT2D eigenvalue weighted by molar-refractivity contribution is 6.35. The Balaban J connectivity index is 1.38. The van der Waals surface area contributed by atoms with Gasteiger partial charge in [0, 0.05) is 29.1 Å². The van der Waals surface area contributed by atoms with E-state index in [4.69, 9.17) is 37.1 Å². The zero-order chi connectivity index (χ0) is 19.9. The SMILES string of the molecule is O=C(COc1ccc2ccc(=O)oc2c1)NCCCOc1ccc(Cl)cc1Cl. The molecule has 6 nitrogen and oxygen atoms in total. The standard InChI is InChI=1S/C20H17Cl2NO5/c21-14-4-6-17(16(22)10-14)26-9-1-8-23-19(24)12-27-15-5-2-13-3-7-20(25)28-18(13)11-15/h2-7,10-11H,1,8-9,12H2,(H,23,24). The third-order valence-corrected chi connectivity index (χ3v) is 4.29. The van der Waals surface area contributed by atoms with Crippen LogP contribution < -0.4 is 20.4 Å². The zero-order valence-corrected chi connectivity index (χ0v) is 16.3. The van der Waals surface area contributed by atoms with Gasteiger partial charge in [-0.3, -0.25) is 4.79 Å². The first-order valence-corrected chi connectivity index (χ1v) is 9.28. The van der Waals surface area contributed by atoms with E-state index in [9.17, 15) is 9.59 Å². The number of ether oxygens (including phenoxy) is 2. The molecule has 1 heterocycles. The summed E-state index contributed by atoms with van der Waals surface area (Å²) in [7, 11) is 0. The molecule has 0 saturated heterocycles. The Kier molecular flexibility index (Phi) is 6.79. The predicted octanol–water partition coefficient (Wildman–Crippen LogP) is 4.06. The first-order chi connectivity index (χ1) is 13.5. The van der Waals surface area contributed by atoms with Gasteiger partial charge in [-0.25, -0.2) is 4.79 Å². The molecule has 28 heavy (non-hydrogen) atoms. The van der Waals surface area contributed by atoms with E-state index in [2.05, 4.69) is 5.32 Å². The van der Waals surface area contributed by atoms with Gasteiger partial charge in [0.25, 0.3) is 5.91 Å². The van der Waals surface area contributed by atoms with Crippen LogP contribution in [0.15, 0.2) is 57.7 Å². The summed E-state index contributed by atoms with van der Waals surface area (Å²) in [5.41, 5.74) is -0.0343. The van der Waals surface area contributed by atoms with Crippen molar-refractivity contribution in [1.29, 1.82) is 0 Å². The van der Waals surface area contributed by atoms with Crippen molar-refractivity contribution in [1.82, 2.24) is 5.32 Å². The van der Waals surface area contributed by atoms with Crippen molar-refractivity contribution in [3.8, 4) is 11.5 Å². The number of amides is 1. The quantitative estimate of drug-likeness (QED) is 0.438. The fraction of sp³-hybridized carbons (Fsp3) is 0.200. The molecule has 0 unspecified atom stereocenters.